The first kappa shape index (κ1) is 19.9. The maximum atomic E-state index is 11.9. The van der Waals surface area contributed by atoms with Crippen LogP contribution in [0.4, 0.5) is 0 Å². The second kappa shape index (κ2) is 7.77. The van der Waals surface area contributed by atoms with E-state index in [2.05, 4.69) is 15.3 Å². The Hall–Kier alpha value is -3.43. The van der Waals surface area contributed by atoms with Crippen molar-refractivity contribution < 1.29 is 29.3 Å². The van der Waals surface area contributed by atoms with Gasteiger partial charge in [0.15, 0.2) is 0 Å². The van der Waals surface area contributed by atoms with Crippen LogP contribution in [-0.4, -0.2) is 50.8 Å². The fourth-order valence-electron chi connectivity index (χ4n) is 3.35. The Bertz CT molecular complexity index is 1060. The van der Waals surface area contributed by atoms with Crippen LogP contribution in [0.1, 0.15) is 24.4 Å². The number of carbonyl (C=O) groups excluding carboxylic acids is 1. The van der Waals surface area contributed by atoms with Crippen LogP contribution in [0.5, 0.6) is 11.5 Å². The van der Waals surface area contributed by atoms with Gasteiger partial charge in [-0.25, -0.2) is 9.78 Å². The first-order valence-corrected chi connectivity index (χ1v) is 9.48. The first-order chi connectivity index (χ1) is 14.4. The summed E-state index contributed by atoms with van der Waals surface area (Å²) in [5.41, 5.74) is 2.21. The van der Waals surface area contributed by atoms with Crippen LogP contribution in [0.2, 0.25) is 0 Å². The number of aliphatic hydroxyl groups excluding tert-OH is 1. The van der Waals surface area contributed by atoms with E-state index in [1.54, 1.807) is 0 Å². The fraction of sp³-hybridized carbons (Fsp3) is 0.286. The van der Waals surface area contributed by atoms with Gasteiger partial charge in [-0.2, -0.15) is 0 Å². The van der Waals surface area contributed by atoms with Gasteiger partial charge < -0.3 is 30.0 Å². The van der Waals surface area contributed by atoms with Gasteiger partial charge in [0.25, 0.3) is 0 Å². The number of hydrogen-bond donors (Lipinski definition) is 4. The number of aliphatic carboxylic acids is 1. The minimum atomic E-state index is -2.46. The molecule has 9 nitrogen and oxygen atoms in total. The molecular weight excluding hydrogens is 390 g/mol. The van der Waals surface area contributed by atoms with E-state index in [4.69, 9.17) is 9.47 Å². The minimum absolute atomic E-state index is 0.0837. The fourth-order valence-corrected chi connectivity index (χ4v) is 3.35. The Morgan fingerprint density at radius 2 is 2.03 bits per heavy atom. The summed E-state index contributed by atoms with van der Waals surface area (Å²) in [5.74, 6) is -3.77. The van der Waals surface area contributed by atoms with E-state index < -0.39 is 23.6 Å². The maximum absolute atomic E-state index is 11.9. The number of nitrogens with zero attached hydrogens (tertiary/aromatic N) is 1. The third-order valence-electron chi connectivity index (χ3n) is 4.92. The lowest BCUT2D eigenvalue weighted by molar-refractivity contribution is -0.188. The van der Waals surface area contributed by atoms with Gasteiger partial charge in [-0.3, -0.25) is 4.79 Å². The standard InChI is InChI=1S/C21H21N3O6/c1-12(25)21(20(27)28)29-13-6-7-18(30-21)14(10-13)17(26)11-22-9-8-19-23-15-4-2-3-5-16(15)24-19/h2-7,10,17,22,26H,8-9,11H2,1H3,(H,23,24)(H,27,28). The number of carboxylic acid groups (broad SMARTS) is 1. The van der Waals surface area contributed by atoms with E-state index in [1.165, 1.54) is 18.2 Å². The van der Waals surface area contributed by atoms with Gasteiger partial charge in [-0.15, -0.1) is 0 Å². The van der Waals surface area contributed by atoms with Crippen LogP contribution >= 0.6 is 0 Å². The SMILES string of the molecule is CC(=O)C1(C(=O)O)Oc2ccc(c(C(O)CNCCc3nc4ccccc4[nH]3)c2)O1. The molecule has 2 aromatic carbocycles. The summed E-state index contributed by atoms with van der Waals surface area (Å²) in [4.78, 5) is 31.3. The first-order valence-electron chi connectivity index (χ1n) is 9.48. The van der Waals surface area contributed by atoms with Gasteiger partial charge in [0.05, 0.1) is 17.1 Å². The van der Waals surface area contributed by atoms with E-state index in [0.717, 1.165) is 23.8 Å². The molecule has 0 saturated heterocycles. The molecule has 0 saturated carbocycles. The van der Waals surface area contributed by atoms with E-state index >= 15 is 0 Å². The normalized spacial score (nSPS) is 18.5. The Morgan fingerprint density at radius 3 is 2.77 bits per heavy atom. The quantitative estimate of drug-likeness (QED) is 0.324. The molecule has 30 heavy (non-hydrogen) atoms. The van der Waals surface area contributed by atoms with Crippen molar-refractivity contribution in [3.8, 4) is 11.5 Å². The van der Waals surface area contributed by atoms with Crippen LogP contribution < -0.4 is 14.8 Å². The highest BCUT2D eigenvalue weighted by Gasteiger charge is 2.52. The molecule has 2 aliphatic rings. The molecule has 4 N–H and O–H groups in total. The van der Waals surface area contributed by atoms with Crippen molar-refractivity contribution >= 4 is 22.8 Å². The predicted molar refractivity (Wildman–Crippen MR) is 106 cm³/mol. The monoisotopic (exact) mass is 411 g/mol. The number of carbonyl (C=O) groups is 2. The third-order valence-corrected chi connectivity index (χ3v) is 4.92. The van der Waals surface area contributed by atoms with E-state index in [-0.39, 0.29) is 18.0 Å². The summed E-state index contributed by atoms with van der Waals surface area (Å²) >= 11 is 0. The minimum Gasteiger partial charge on any atom is -0.475 e. The second-order valence-corrected chi connectivity index (χ2v) is 7.05. The zero-order valence-corrected chi connectivity index (χ0v) is 16.2. The number of para-hydroxylation sites is 2. The number of carboxylic acids is 1. The number of ketones is 1. The number of aliphatic hydroxyl groups is 1. The number of fused-ring (bicyclic) bond motifs is 5. The Kier molecular flexibility index (Phi) is 5.15. The molecule has 0 amide bonds. The Balaban J connectivity index is 1.40. The number of H-pyrrole nitrogens is 1. The van der Waals surface area contributed by atoms with Crippen LogP contribution in [-0.2, 0) is 16.0 Å². The summed E-state index contributed by atoms with van der Waals surface area (Å²) in [5, 5.41) is 23.2. The van der Waals surface area contributed by atoms with Crippen molar-refractivity contribution in [1.29, 1.82) is 0 Å². The van der Waals surface area contributed by atoms with E-state index in [0.29, 0.717) is 18.5 Å². The molecule has 2 aliphatic heterocycles. The second-order valence-electron chi connectivity index (χ2n) is 7.05. The molecule has 156 valence electrons. The van der Waals surface area contributed by atoms with Crippen molar-refractivity contribution in [2.24, 2.45) is 0 Å². The number of imidazole rings is 1. The van der Waals surface area contributed by atoms with Crippen molar-refractivity contribution in [2.75, 3.05) is 13.1 Å². The number of hydrogen-bond acceptors (Lipinski definition) is 7. The van der Waals surface area contributed by atoms with Gasteiger partial charge in [-0.05, 0) is 30.3 Å². The summed E-state index contributed by atoms with van der Waals surface area (Å²) in [6, 6.07) is 12.2. The van der Waals surface area contributed by atoms with Gasteiger partial charge in [-0.1, -0.05) is 12.1 Å². The zero-order valence-electron chi connectivity index (χ0n) is 16.2. The van der Waals surface area contributed by atoms with Gasteiger partial charge in [0.2, 0.25) is 5.78 Å². The molecule has 5 rings (SSSR count). The average Bonchev–Trinajstić information content (AvgIpc) is 2.92. The topological polar surface area (TPSA) is 134 Å². The smallest absolute Gasteiger partial charge is 0.413 e. The molecule has 9 heteroatoms. The molecule has 0 aliphatic carbocycles. The summed E-state index contributed by atoms with van der Waals surface area (Å²) in [6.45, 7) is 1.84. The van der Waals surface area contributed by atoms with Gasteiger partial charge >= 0.3 is 11.8 Å². The van der Waals surface area contributed by atoms with E-state index in [9.17, 15) is 19.8 Å². The Morgan fingerprint density at radius 1 is 1.23 bits per heavy atom. The highest BCUT2D eigenvalue weighted by atomic mass is 16.7. The number of rotatable bonds is 8. The zero-order chi connectivity index (χ0) is 21.3. The largest absolute Gasteiger partial charge is 0.475 e. The number of aromatic amines is 1. The van der Waals surface area contributed by atoms with Crippen LogP contribution in [0.3, 0.4) is 0 Å². The summed E-state index contributed by atoms with van der Waals surface area (Å²) in [7, 11) is 0. The van der Waals surface area contributed by atoms with Crippen LogP contribution in [0.25, 0.3) is 11.0 Å². The predicted octanol–water partition coefficient (Wildman–Crippen LogP) is 1.57. The van der Waals surface area contributed by atoms with Gasteiger partial charge in [0, 0.05) is 32.0 Å². The molecule has 2 bridgehead atoms. The lowest BCUT2D eigenvalue weighted by atomic mass is 10.1. The van der Waals surface area contributed by atoms with Crippen LogP contribution in [0.15, 0.2) is 42.5 Å². The molecule has 0 fully saturated rings. The molecule has 3 aromatic rings. The molecule has 1 aromatic heterocycles. The van der Waals surface area contributed by atoms with Crippen molar-refractivity contribution in [1.82, 2.24) is 15.3 Å². The van der Waals surface area contributed by atoms with Crippen molar-refractivity contribution in [3.05, 3.63) is 53.9 Å². The molecule has 2 atom stereocenters. The lowest BCUT2D eigenvalue weighted by Crippen LogP contribution is -2.55. The molecule has 0 radical (unpaired) electrons. The summed E-state index contributed by atoms with van der Waals surface area (Å²) in [6.07, 6.45) is -0.351. The number of nitrogens with one attached hydrogen (secondary N) is 2. The molecule has 0 spiro atoms. The highest BCUT2D eigenvalue weighted by molar-refractivity contribution is 6.04. The summed E-state index contributed by atoms with van der Waals surface area (Å²) < 4.78 is 10.7. The molecule has 3 heterocycles. The lowest BCUT2D eigenvalue weighted by Gasteiger charge is -2.25. The van der Waals surface area contributed by atoms with Gasteiger partial charge in [0.1, 0.15) is 17.3 Å². The van der Waals surface area contributed by atoms with Crippen LogP contribution in [0, 0.1) is 0 Å². The molecular formula is C21H21N3O6. The number of Topliss-reactive ketones (excluding diaryl/α,β-unsaturated/α-hetero) is 1. The maximum Gasteiger partial charge on any atom is 0.413 e. The highest BCUT2D eigenvalue weighted by Crippen LogP contribution is 2.37. The van der Waals surface area contributed by atoms with Crippen molar-refractivity contribution in [2.45, 2.75) is 25.2 Å². The van der Waals surface area contributed by atoms with E-state index in [1.807, 2.05) is 24.3 Å². The average molecular weight is 411 g/mol. The Labute approximate surface area is 171 Å². The number of aromatic nitrogens is 2. The van der Waals surface area contributed by atoms with Crippen molar-refractivity contribution in [3.63, 3.8) is 0 Å². The number of benzene rings is 2. The molecule has 2 unspecified atom stereocenters. The number of ether oxygens (including phenoxy) is 2. The third kappa shape index (κ3) is 3.60.